The van der Waals surface area contributed by atoms with E-state index in [9.17, 15) is 0 Å². The van der Waals surface area contributed by atoms with Crippen molar-refractivity contribution in [3.05, 3.63) is 400 Å². The fourth-order valence-corrected chi connectivity index (χ4v) is 16.8. The van der Waals surface area contributed by atoms with Gasteiger partial charge < -0.3 is 18.3 Å². The number of benzene rings is 18. The standard InChI is InChI=1S/C52H34N2.C50H32N2/c1-2-11-35(12-3-1)38-15-10-16-39(31-38)37-21-26-43(27-22-37)53-49-19-8-6-17-45(49)47-33-41(24-29-51(47)53)42-25-30-52-48(34-42)46-18-7-9-20-50(46)54(52)44-28-23-36-13-4-5-14-40(36)32-44;1-3-11-36-29-38(18-17-33(36)9-1)35-19-24-41(25-20-35)51-47-15-7-5-13-43(47)45-31-39(22-27-49(45)51)40-23-28-50-46(32-40)44-14-6-8-16-48(44)52(50)42-26-21-34-10-2-4-12-37(34)30-42/h1-34H;1-32H. The van der Waals surface area contributed by atoms with Crippen LogP contribution in [0.25, 0.3) is 198 Å². The summed E-state index contributed by atoms with van der Waals surface area (Å²) in [4.78, 5) is 0. The lowest BCUT2D eigenvalue weighted by Gasteiger charge is -2.11. The van der Waals surface area contributed by atoms with Gasteiger partial charge in [-0.15, -0.1) is 0 Å². The first-order valence-corrected chi connectivity index (χ1v) is 36.5. The SMILES string of the molecule is c1ccc(-c2cccc(-c3ccc(-n4c5ccccc5c5cc(-c6ccc7c(c6)c6ccccc6n7-c6ccc7ccccc7c6)ccc54)cc3)c2)cc1.c1ccc2cc(-c3ccc(-n4c5ccccc5c5cc(-c6ccc7c(c6)c6ccccc6n7-c6ccc7ccccc7c6)ccc54)cc3)ccc2c1. The summed E-state index contributed by atoms with van der Waals surface area (Å²) in [6, 6.07) is 146. The van der Waals surface area contributed by atoms with Gasteiger partial charge in [0.25, 0.3) is 0 Å². The normalized spacial score (nSPS) is 11.8. The molecule has 0 N–H and O–H groups in total. The predicted molar refractivity (Wildman–Crippen MR) is 450 cm³/mol. The first-order valence-electron chi connectivity index (χ1n) is 36.5. The highest BCUT2D eigenvalue weighted by Gasteiger charge is 2.20. The van der Waals surface area contributed by atoms with E-state index in [2.05, 4.69) is 419 Å². The Bertz CT molecular complexity index is 7240. The molecule has 0 aliphatic carbocycles. The average Bonchev–Trinajstić information content (AvgIpc) is 1.59. The Morgan fingerprint density at radius 1 is 0.113 bits per heavy atom. The van der Waals surface area contributed by atoms with Crippen LogP contribution in [0.4, 0.5) is 0 Å². The molecule has 18 aromatic carbocycles. The quantitative estimate of drug-likeness (QED) is 0.137. The second-order valence-electron chi connectivity index (χ2n) is 28.0. The predicted octanol–water partition coefficient (Wildman–Crippen LogP) is 27.6. The zero-order valence-corrected chi connectivity index (χ0v) is 57.9. The maximum atomic E-state index is 2.41. The van der Waals surface area contributed by atoms with Crippen LogP contribution < -0.4 is 0 Å². The van der Waals surface area contributed by atoms with Crippen molar-refractivity contribution >= 4 is 120 Å². The van der Waals surface area contributed by atoms with Gasteiger partial charge in [-0.25, -0.2) is 0 Å². The molecule has 106 heavy (non-hydrogen) atoms. The Labute approximate surface area is 612 Å². The van der Waals surface area contributed by atoms with E-state index in [1.54, 1.807) is 0 Å². The van der Waals surface area contributed by atoms with E-state index in [0.717, 1.165) is 11.4 Å². The highest BCUT2D eigenvalue weighted by molar-refractivity contribution is 6.15. The molecule has 0 bridgehead atoms. The molecule has 494 valence electrons. The van der Waals surface area contributed by atoms with E-state index in [-0.39, 0.29) is 0 Å². The molecule has 0 aliphatic rings. The van der Waals surface area contributed by atoms with E-state index in [4.69, 9.17) is 0 Å². The maximum absolute atomic E-state index is 2.41. The number of hydrogen-bond acceptors (Lipinski definition) is 0. The van der Waals surface area contributed by atoms with E-state index in [0.29, 0.717) is 0 Å². The minimum Gasteiger partial charge on any atom is -0.309 e. The molecule has 22 rings (SSSR count). The summed E-state index contributed by atoms with van der Waals surface area (Å²) in [5.74, 6) is 0. The molecule has 0 atom stereocenters. The molecule has 4 heterocycles. The monoisotopic (exact) mass is 1350 g/mol. The Morgan fingerprint density at radius 3 is 0.726 bits per heavy atom. The van der Waals surface area contributed by atoms with Gasteiger partial charge in [-0.2, -0.15) is 0 Å². The minimum absolute atomic E-state index is 1.15. The molecule has 0 saturated heterocycles. The lowest BCUT2D eigenvalue weighted by atomic mass is 9.99. The second kappa shape index (κ2) is 24.9. The zero-order valence-electron chi connectivity index (χ0n) is 57.9. The highest BCUT2D eigenvalue weighted by Crippen LogP contribution is 2.43. The van der Waals surface area contributed by atoms with Crippen molar-refractivity contribution in [3.8, 4) is 78.4 Å². The van der Waals surface area contributed by atoms with Crippen LogP contribution in [0.2, 0.25) is 0 Å². The topological polar surface area (TPSA) is 19.7 Å². The number of aromatic nitrogens is 4. The summed E-state index contributed by atoms with van der Waals surface area (Å²) in [6.45, 7) is 0. The summed E-state index contributed by atoms with van der Waals surface area (Å²) >= 11 is 0. The molecule has 0 aliphatic heterocycles. The molecule has 22 aromatic rings. The highest BCUT2D eigenvalue weighted by atomic mass is 15.0. The van der Waals surface area contributed by atoms with Gasteiger partial charge in [0.1, 0.15) is 0 Å². The van der Waals surface area contributed by atoms with Crippen LogP contribution in [0.3, 0.4) is 0 Å². The van der Waals surface area contributed by atoms with Gasteiger partial charge in [0, 0.05) is 65.8 Å². The summed E-state index contributed by atoms with van der Waals surface area (Å²) < 4.78 is 9.62. The van der Waals surface area contributed by atoms with Gasteiger partial charge in [-0.1, -0.05) is 267 Å². The molecule has 0 fully saturated rings. The van der Waals surface area contributed by atoms with Gasteiger partial charge in [-0.3, -0.25) is 0 Å². The Morgan fingerprint density at radius 2 is 0.349 bits per heavy atom. The first-order chi connectivity index (χ1) is 52.5. The Kier molecular flexibility index (Phi) is 14.2. The van der Waals surface area contributed by atoms with E-state index in [1.165, 1.54) is 187 Å². The zero-order chi connectivity index (χ0) is 69.8. The van der Waals surface area contributed by atoms with Crippen molar-refractivity contribution in [2.75, 3.05) is 0 Å². The van der Waals surface area contributed by atoms with Crippen LogP contribution in [0.5, 0.6) is 0 Å². The summed E-state index contributed by atoms with van der Waals surface area (Å²) in [5.41, 5.74) is 26.5. The molecular formula is C102H66N4. The molecule has 0 amide bonds. The van der Waals surface area contributed by atoms with Gasteiger partial charge >= 0.3 is 0 Å². The van der Waals surface area contributed by atoms with Gasteiger partial charge in [0.2, 0.25) is 0 Å². The van der Waals surface area contributed by atoms with Crippen molar-refractivity contribution in [2.24, 2.45) is 0 Å². The lowest BCUT2D eigenvalue weighted by Crippen LogP contribution is -1.94. The summed E-state index contributed by atoms with van der Waals surface area (Å²) in [5, 5.41) is 17.6. The molecular weight excluding hydrogens is 1280 g/mol. The molecule has 4 heteroatoms. The molecule has 0 unspecified atom stereocenters. The van der Waals surface area contributed by atoms with E-state index >= 15 is 0 Å². The number of fused-ring (bicyclic) bond motifs is 15. The molecule has 4 aromatic heterocycles. The number of rotatable bonds is 9. The summed E-state index contributed by atoms with van der Waals surface area (Å²) in [6.07, 6.45) is 0. The second-order valence-corrected chi connectivity index (χ2v) is 28.0. The van der Waals surface area contributed by atoms with Gasteiger partial charge in [0.15, 0.2) is 0 Å². The van der Waals surface area contributed by atoms with Crippen molar-refractivity contribution in [1.82, 2.24) is 18.3 Å². The Hall–Kier alpha value is -14.1. The van der Waals surface area contributed by atoms with Crippen molar-refractivity contribution < 1.29 is 0 Å². The third-order valence-electron chi connectivity index (χ3n) is 22.0. The van der Waals surface area contributed by atoms with Crippen LogP contribution in [0.1, 0.15) is 0 Å². The minimum atomic E-state index is 1.15. The molecule has 0 radical (unpaired) electrons. The van der Waals surface area contributed by atoms with Crippen LogP contribution >= 0.6 is 0 Å². The fraction of sp³-hybridized carbons (Fsp3) is 0. The first kappa shape index (κ1) is 60.7. The van der Waals surface area contributed by atoms with E-state index in [1.807, 2.05) is 0 Å². The Balaban J connectivity index is 0.000000136. The maximum Gasteiger partial charge on any atom is 0.0541 e. The van der Waals surface area contributed by atoms with Crippen LogP contribution in [0.15, 0.2) is 400 Å². The average molecular weight is 1350 g/mol. The fourth-order valence-electron chi connectivity index (χ4n) is 16.8. The van der Waals surface area contributed by atoms with Crippen LogP contribution in [-0.2, 0) is 0 Å². The van der Waals surface area contributed by atoms with Gasteiger partial charge in [-0.05, 0) is 221 Å². The number of hydrogen-bond donors (Lipinski definition) is 0. The van der Waals surface area contributed by atoms with Crippen molar-refractivity contribution in [1.29, 1.82) is 0 Å². The lowest BCUT2D eigenvalue weighted by molar-refractivity contribution is 1.18. The van der Waals surface area contributed by atoms with Crippen molar-refractivity contribution in [2.45, 2.75) is 0 Å². The van der Waals surface area contributed by atoms with Crippen LogP contribution in [0, 0.1) is 0 Å². The third-order valence-corrected chi connectivity index (χ3v) is 22.0. The third kappa shape index (κ3) is 10.2. The largest absolute Gasteiger partial charge is 0.309 e. The number of nitrogens with zero attached hydrogens (tertiary/aromatic N) is 4. The summed E-state index contributed by atoms with van der Waals surface area (Å²) in [7, 11) is 0. The van der Waals surface area contributed by atoms with Crippen molar-refractivity contribution in [3.63, 3.8) is 0 Å². The number of para-hydroxylation sites is 4. The van der Waals surface area contributed by atoms with Crippen LogP contribution in [-0.4, -0.2) is 18.3 Å². The molecule has 4 nitrogen and oxygen atoms in total. The smallest absolute Gasteiger partial charge is 0.0541 e. The van der Waals surface area contributed by atoms with Gasteiger partial charge in [0.05, 0.1) is 44.1 Å². The van der Waals surface area contributed by atoms with E-state index < -0.39 is 0 Å². The molecule has 0 saturated carbocycles. The molecule has 0 spiro atoms.